The molecule has 2 rings (SSSR count). The van der Waals surface area contributed by atoms with Crippen LogP contribution in [0.5, 0.6) is 0 Å². The molecule has 0 amide bonds. The molecule has 0 saturated carbocycles. The summed E-state index contributed by atoms with van der Waals surface area (Å²) >= 11 is 9.51. The molecule has 1 aromatic rings. The molecule has 1 fully saturated rings. The summed E-state index contributed by atoms with van der Waals surface area (Å²) in [5, 5.41) is 3.95. The maximum atomic E-state index is 13.7. The molecule has 4 heteroatoms. The lowest BCUT2D eigenvalue weighted by molar-refractivity contribution is 0.178. The SMILES string of the molecule is F[C@H]1CCNC[C@@H]1Cc1cc(Br)ccc1Cl. The minimum Gasteiger partial charge on any atom is -0.316 e. The summed E-state index contributed by atoms with van der Waals surface area (Å²) < 4.78 is 14.7. The number of rotatable bonds is 2. The molecular formula is C12H14BrClFN. The third kappa shape index (κ3) is 2.96. The normalized spacial score (nSPS) is 25.7. The first-order valence-electron chi connectivity index (χ1n) is 5.45. The first-order valence-corrected chi connectivity index (χ1v) is 6.62. The van der Waals surface area contributed by atoms with Crippen molar-refractivity contribution in [2.24, 2.45) is 5.92 Å². The van der Waals surface area contributed by atoms with E-state index in [1.54, 1.807) is 0 Å². The highest BCUT2D eigenvalue weighted by atomic mass is 79.9. The smallest absolute Gasteiger partial charge is 0.106 e. The molecule has 0 unspecified atom stereocenters. The van der Waals surface area contributed by atoms with Gasteiger partial charge < -0.3 is 5.32 Å². The zero-order chi connectivity index (χ0) is 11.5. The molecule has 1 saturated heterocycles. The van der Waals surface area contributed by atoms with Gasteiger partial charge >= 0.3 is 0 Å². The van der Waals surface area contributed by atoms with Crippen LogP contribution >= 0.6 is 27.5 Å². The molecule has 1 aliphatic heterocycles. The van der Waals surface area contributed by atoms with Crippen molar-refractivity contribution in [3.63, 3.8) is 0 Å². The molecule has 1 aliphatic rings. The average Bonchev–Trinajstić information content (AvgIpc) is 2.27. The van der Waals surface area contributed by atoms with E-state index in [9.17, 15) is 4.39 Å². The van der Waals surface area contributed by atoms with E-state index >= 15 is 0 Å². The summed E-state index contributed by atoms with van der Waals surface area (Å²) in [6.07, 6.45) is 0.597. The molecule has 1 aromatic carbocycles. The fourth-order valence-electron chi connectivity index (χ4n) is 2.07. The molecule has 1 heterocycles. The van der Waals surface area contributed by atoms with Gasteiger partial charge in [0.05, 0.1) is 0 Å². The Morgan fingerprint density at radius 1 is 1.50 bits per heavy atom. The molecule has 0 spiro atoms. The minimum absolute atomic E-state index is 0.0422. The van der Waals surface area contributed by atoms with Crippen LogP contribution in [0.1, 0.15) is 12.0 Å². The summed E-state index contributed by atoms with van der Waals surface area (Å²) in [4.78, 5) is 0. The van der Waals surface area contributed by atoms with Gasteiger partial charge in [-0.15, -0.1) is 0 Å². The van der Waals surface area contributed by atoms with E-state index in [2.05, 4.69) is 21.2 Å². The predicted octanol–water partition coefficient (Wildman–Crippen LogP) is 3.59. The van der Waals surface area contributed by atoms with Gasteiger partial charge in [-0.25, -0.2) is 4.39 Å². The topological polar surface area (TPSA) is 12.0 Å². The fraction of sp³-hybridized carbons (Fsp3) is 0.500. The lowest BCUT2D eigenvalue weighted by Crippen LogP contribution is -2.38. The number of benzene rings is 1. The standard InChI is InChI=1S/C12H14BrClFN/c13-10-1-2-11(14)8(6-10)5-9-7-16-4-3-12(9)15/h1-2,6,9,12,16H,3-5,7H2/t9-,12-/m0/s1. The Kier molecular flexibility index (Phi) is 4.22. The lowest BCUT2D eigenvalue weighted by atomic mass is 9.91. The molecule has 1 nitrogen and oxygen atoms in total. The van der Waals surface area contributed by atoms with E-state index in [-0.39, 0.29) is 5.92 Å². The zero-order valence-electron chi connectivity index (χ0n) is 8.85. The second-order valence-electron chi connectivity index (χ2n) is 4.21. The molecule has 2 atom stereocenters. The van der Waals surface area contributed by atoms with Crippen molar-refractivity contribution in [1.82, 2.24) is 5.32 Å². The first-order chi connectivity index (χ1) is 7.66. The summed E-state index contributed by atoms with van der Waals surface area (Å²) in [5.74, 6) is 0.0422. The minimum atomic E-state index is -0.712. The van der Waals surface area contributed by atoms with Gasteiger partial charge in [0.25, 0.3) is 0 Å². The predicted molar refractivity (Wildman–Crippen MR) is 68.7 cm³/mol. The van der Waals surface area contributed by atoms with Gasteiger partial charge in [-0.1, -0.05) is 27.5 Å². The van der Waals surface area contributed by atoms with Crippen molar-refractivity contribution in [3.05, 3.63) is 33.3 Å². The van der Waals surface area contributed by atoms with Gasteiger partial charge in [-0.2, -0.15) is 0 Å². The van der Waals surface area contributed by atoms with Crippen LogP contribution in [0.3, 0.4) is 0 Å². The van der Waals surface area contributed by atoms with Crippen LogP contribution in [-0.2, 0) is 6.42 Å². The quantitative estimate of drug-likeness (QED) is 0.880. The van der Waals surface area contributed by atoms with Crippen LogP contribution in [0.2, 0.25) is 5.02 Å². The number of alkyl halides is 1. The van der Waals surface area contributed by atoms with Gasteiger partial charge in [-0.05, 0) is 43.1 Å². The molecule has 88 valence electrons. The molecule has 0 aliphatic carbocycles. The van der Waals surface area contributed by atoms with E-state index in [4.69, 9.17) is 11.6 Å². The Labute approximate surface area is 109 Å². The summed E-state index contributed by atoms with van der Waals surface area (Å²) in [7, 11) is 0. The molecule has 0 aromatic heterocycles. The number of piperidine rings is 1. The van der Waals surface area contributed by atoms with Gasteiger partial charge in [0.2, 0.25) is 0 Å². The molecule has 16 heavy (non-hydrogen) atoms. The molecular weight excluding hydrogens is 292 g/mol. The van der Waals surface area contributed by atoms with Crippen molar-refractivity contribution in [1.29, 1.82) is 0 Å². The van der Waals surface area contributed by atoms with Gasteiger partial charge in [-0.3, -0.25) is 0 Å². The summed E-state index contributed by atoms with van der Waals surface area (Å²) in [6, 6.07) is 5.73. The Hall–Kier alpha value is -0.120. The summed E-state index contributed by atoms with van der Waals surface area (Å²) in [5.41, 5.74) is 1.02. The third-order valence-corrected chi connectivity index (χ3v) is 3.87. The van der Waals surface area contributed by atoms with Crippen molar-refractivity contribution < 1.29 is 4.39 Å². The maximum Gasteiger partial charge on any atom is 0.106 e. The van der Waals surface area contributed by atoms with E-state index in [1.165, 1.54) is 0 Å². The molecule has 0 bridgehead atoms. The van der Waals surface area contributed by atoms with Crippen molar-refractivity contribution in [2.75, 3.05) is 13.1 Å². The summed E-state index contributed by atoms with van der Waals surface area (Å²) in [6.45, 7) is 1.52. The van der Waals surface area contributed by atoms with Gasteiger partial charge in [0, 0.05) is 22.0 Å². The van der Waals surface area contributed by atoms with Gasteiger partial charge in [0.1, 0.15) is 6.17 Å². The first kappa shape index (κ1) is 12.3. The number of nitrogens with one attached hydrogen (secondary N) is 1. The largest absolute Gasteiger partial charge is 0.316 e. The number of halogens is 3. The maximum absolute atomic E-state index is 13.7. The van der Waals surface area contributed by atoms with Crippen LogP contribution in [0.15, 0.2) is 22.7 Å². The van der Waals surface area contributed by atoms with Crippen LogP contribution in [-0.4, -0.2) is 19.3 Å². The van der Waals surface area contributed by atoms with Crippen molar-refractivity contribution in [2.45, 2.75) is 19.0 Å². The number of hydrogen-bond donors (Lipinski definition) is 1. The fourth-order valence-corrected chi connectivity index (χ4v) is 2.68. The number of hydrogen-bond acceptors (Lipinski definition) is 1. The van der Waals surface area contributed by atoms with Gasteiger partial charge in [0.15, 0.2) is 0 Å². The highest BCUT2D eigenvalue weighted by molar-refractivity contribution is 9.10. The van der Waals surface area contributed by atoms with E-state index in [0.29, 0.717) is 12.8 Å². The van der Waals surface area contributed by atoms with Crippen LogP contribution in [0, 0.1) is 5.92 Å². The third-order valence-electron chi connectivity index (χ3n) is 3.00. The Bertz CT molecular complexity index is 372. The van der Waals surface area contributed by atoms with Crippen LogP contribution < -0.4 is 5.32 Å². The molecule has 0 radical (unpaired) electrons. The second-order valence-corrected chi connectivity index (χ2v) is 5.53. The van der Waals surface area contributed by atoms with E-state index in [1.807, 2.05) is 18.2 Å². The van der Waals surface area contributed by atoms with Crippen molar-refractivity contribution >= 4 is 27.5 Å². The van der Waals surface area contributed by atoms with E-state index < -0.39 is 6.17 Å². The van der Waals surface area contributed by atoms with E-state index in [0.717, 1.165) is 28.1 Å². The Morgan fingerprint density at radius 3 is 3.06 bits per heavy atom. The monoisotopic (exact) mass is 305 g/mol. The Balaban J connectivity index is 2.10. The zero-order valence-corrected chi connectivity index (χ0v) is 11.2. The average molecular weight is 307 g/mol. The molecule has 1 N–H and O–H groups in total. The van der Waals surface area contributed by atoms with Crippen molar-refractivity contribution in [3.8, 4) is 0 Å². The Morgan fingerprint density at radius 2 is 2.31 bits per heavy atom. The highest BCUT2D eigenvalue weighted by Gasteiger charge is 2.25. The lowest BCUT2D eigenvalue weighted by Gasteiger charge is -2.27. The van der Waals surface area contributed by atoms with Crippen LogP contribution in [0.25, 0.3) is 0 Å². The second kappa shape index (κ2) is 5.48. The van der Waals surface area contributed by atoms with Crippen LogP contribution in [0.4, 0.5) is 4.39 Å². The highest BCUT2D eigenvalue weighted by Crippen LogP contribution is 2.26.